The molecule has 1 fully saturated rings. The van der Waals surface area contributed by atoms with E-state index in [0.717, 1.165) is 36.0 Å². The molecule has 0 aliphatic carbocycles. The molecule has 1 saturated heterocycles. The van der Waals surface area contributed by atoms with Crippen LogP contribution < -0.4 is 16.0 Å². The van der Waals surface area contributed by atoms with Gasteiger partial charge in [0, 0.05) is 29.5 Å². The lowest BCUT2D eigenvalue weighted by Gasteiger charge is -2.41. The Labute approximate surface area is 182 Å². The Hall–Kier alpha value is -2.77. The molecule has 8 heteroatoms. The second-order valence-electron chi connectivity index (χ2n) is 7.57. The van der Waals surface area contributed by atoms with Crippen molar-refractivity contribution >= 4 is 34.9 Å². The van der Waals surface area contributed by atoms with E-state index in [2.05, 4.69) is 57.1 Å². The van der Waals surface area contributed by atoms with Gasteiger partial charge in [-0.15, -0.1) is 0 Å². The molecule has 2 aliphatic rings. The van der Waals surface area contributed by atoms with Gasteiger partial charge in [-0.3, -0.25) is 4.90 Å². The molecule has 2 aromatic rings. The Kier molecular flexibility index (Phi) is 5.83. The molecule has 1 unspecified atom stereocenters. The van der Waals surface area contributed by atoms with E-state index in [9.17, 15) is 0 Å². The summed E-state index contributed by atoms with van der Waals surface area (Å²) in [6.07, 6.45) is -0.459. The van der Waals surface area contributed by atoms with Gasteiger partial charge in [-0.25, -0.2) is 4.99 Å². The van der Waals surface area contributed by atoms with E-state index in [1.807, 2.05) is 25.1 Å². The first-order valence-electron chi connectivity index (χ1n) is 10.1. The zero-order valence-electron chi connectivity index (χ0n) is 17.5. The molecule has 0 radical (unpaired) electrons. The first kappa shape index (κ1) is 20.5. The second-order valence-corrected chi connectivity index (χ2v) is 7.97. The van der Waals surface area contributed by atoms with Crippen LogP contribution in [0.5, 0.6) is 0 Å². The van der Waals surface area contributed by atoms with Crippen molar-refractivity contribution in [2.75, 3.05) is 36.5 Å². The molecule has 0 amide bonds. The van der Waals surface area contributed by atoms with Crippen molar-refractivity contribution in [3.8, 4) is 0 Å². The third-order valence-electron chi connectivity index (χ3n) is 5.54. The maximum Gasteiger partial charge on any atom is 0.222 e. The first-order valence-corrected chi connectivity index (χ1v) is 10.4. The number of nitrogens with one attached hydrogen (secondary N) is 1. The van der Waals surface area contributed by atoms with Gasteiger partial charge in [-0.2, -0.15) is 4.99 Å². The highest BCUT2D eigenvalue weighted by Gasteiger charge is 2.32. The van der Waals surface area contributed by atoms with Gasteiger partial charge in [0.25, 0.3) is 0 Å². The van der Waals surface area contributed by atoms with Gasteiger partial charge >= 0.3 is 0 Å². The molecule has 1 atom stereocenters. The number of hydrogen-bond acceptors (Lipinski definition) is 7. The van der Waals surface area contributed by atoms with Gasteiger partial charge in [0.1, 0.15) is 0 Å². The number of aliphatic imine (C=N–C) groups is 2. The van der Waals surface area contributed by atoms with E-state index < -0.39 is 6.29 Å². The van der Waals surface area contributed by atoms with Crippen molar-refractivity contribution in [3.05, 3.63) is 58.1 Å². The van der Waals surface area contributed by atoms with Crippen LogP contribution in [0.4, 0.5) is 11.4 Å². The zero-order valence-corrected chi connectivity index (χ0v) is 18.3. The number of anilines is 2. The van der Waals surface area contributed by atoms with E-state index >= 15 is 0 Å². The van der Waals surface area contributed by atoms with Crippen LogP contribution in [0.1, 0.15) is 16.7 Å². The predicted octanol–water partition coefficient (Wildman–Crippen LogP) is 3.48. The summed E-state index contributed by atoms with van der Waals surface area (Å²) >= 11 is 6.34. The van der Waals surface area contributed by atoms with Crippen LogP contribution >= 0.6 is 11.6 Å². The lowest BCUT2D eigenvalue weighted by atomic mass is 10.1. The van der Waals surface area contributed by atoms with Crippen molar-refractivity contribution in [3.63, 3.8) is 0 Å². The van der Waals surface area contributed by atoms with Crippen LogP contribution in [0.25, 0.3) is 0 Å². The monoisotopic (exact) mass is 426 g/mol. The molecule has 0 aromatic heterocycles. The molecular formula is C22H27ClN6O. The maximum atomic E-state index is 6.34. The van der Waals surface area contributed by atoms with Gasteiger partial charge in [0.05, 0.1) is 13.2 Å². The summed E-state index contributed by atoms with van der Waals surface area (Å²) in [5.74, 6) is 1.01. The lowest BCUT2D eigenvalue weighted by molar-refractivity contribution is 0.0671. The van der Waals surface area contributed by atoms with Crippen molar-refractivity contribution in [2.24, 2.45) is 15.7 Å². The largest absolute Gasteiger partial charge is 0.378 e. The molecule has 3 N–H and O–H groups in total. The van der Waals surface area contributed by atoms with Gasteiger partial charge in [0.2, 0.25) is 18.2 Å². The van der Waals surface area contributed by atoms with Gasteiger partial charge < -0.3 is 20.7 Å². The van der Waals surface area contributed by atoms with E-state index in [4.69, 9.17) is 22.1 Å². The zero-order chi connectivity index (χ0) is 21.3. The molecule has 158 valence electrons. The summed E-state index contributed by atoms with van der Waals surface area (Å²) in [5, 5.41) is 4.21. The topological polar surface area (TPSA) is 78.5 Å². The normalized spacial score (nSPS) is 19.4. The Bertz CT molecular complexity index is 999. The highest BCUT2D eigenvalue weighted by molar-refractivity contribution is 6.31. The summed E-state index contributed by atoms with van der Waals surface area (Å²) in [6, 6.07) is 12.2. The Balaban J connectivity index is 1.77. The van der Waals surface area contributed by atoms with Gasteiger partial charge in [0.15, 0.2) is 0 Å². The van der Waals surface area contributed by atoms with Crippen LogP contribution in [-0.4, -0.2) is 49.4 Å². The van der Waals surface area contributed by atoms with Crippen LogP contribution in [0, 0.1) is 20.8 Å². The summed E-state index contributed by atoms with van der Waals surface area (Å²) in [5.41, 5.74) is 11.5. The third kappa shape index (κ3) is 4.08. The fourth-order valence-electron chi connectivity index (χ4n) is 3.60. The third-order valence-corrected chi connectivity index (χ3v) is 5.95. The fourth-order valence-corrected chi connectivity index (χ4v) is 3.77. The number of rotatable bonds is 3. The SMILES string of the molecule is Cc1ccc(N2C(N3CCOCC3)=NC(N)=NC2Nc2cccc(Cl)c2C)cc1C. The molecule has 0 saturated carbocycles. The van der Waals surface area contributed by atoms with Crippen LogP contribution in [0.3, 0.4) is 0 Å². The van der Waals surface area contributed by atoms with Crippen molar-refractivity contribution in [1.82, 2.24) is 4.90 Å². The molecule has 2 heterocycles. The van der Waals surface area contributed by atoms with Crippen molar-refractivity contribution in [2.45, 2.75) is 27.1 Å². The fraction of sp³-hybridized carbons (Fsp3) is 0.364. The van der Waals surface area contributed by atoms with Crippen molar-refractivity contribution in [1.29, 1.82) is 0 Å². The smallest absolute Gasteiger partial charge is 0.222 e. The lowest BCUT2D eigenvalue weighted by Crippen LogP contribution is -2.57. The van der Waals surface area contributed by atoms with Gasteiger partial charge in [-0.1, -0.05) is 23.7 Å². The highest BCUT2D eigenvalue weighted by Crippen LogP contribution is 2.29. The predicted molar refractivity (Wildman–Crippen MR) is 123 cm³/mol. The summed E-state index contributed by atoms with van der Waals surface area (Å²) in [6.45, 7) is 9.00. The minimum Gasteiger partial charge on any atom is -0.378 e. The summed E-state index contributed by atoms with van der Waals surface area (Å²) in [7, 11) is 0. The standard InChI is InChI=1S/C22H27ClN6O/c1-14-7-8-17(13-15(14)2)29-21(25-19-6-4-5-18(23)16(19)3)26-20(24)27-22(29)28-9-11-30-12-10-28/h4-8,13,21,25H,9-12H2,1-3H3,(H2,24,26). The highest BCUT2D eigenvalue weighted by atomic mass is 35.5. The first-order chi connectivity index (χ1) is 14.4. The number of nitrogens with zero attached hydrogens (tertiary/aromatic N) is 4. The number of aryl methyl sites for hydroxylation is 2. The second kappa shape index (κ2) is 8.53. The number of hydrogen-bond donors (Lipinski definition) is 2. The minimum absolute atomic E-state index is 0.244. The van der Waals surface area contributed by atoms with E-state index in [1.165, 1.54) is 11.1 Å². The number of benzene rings is 2. The van der Waals surface area contributed by atoms with E-state index in [-0.39, 0.29) is 5.96 Å². The molecular weight excluding hydrogens is 400 g/mol. The van der Waals surface area contributed by atoms with E-state index in [1.54, 1.807) is 0 Å². The number of nitrogens with two attached hydrogens (primary N) is 1. The average Bonchev–Trinajstić information content (AvgIpc) is 2.74. The molecule has 4 rings (SSSR count). The summed E-state index contributed by atoms with van der Waals surface area (Å²) in [4.78, 5) is 13.5. The molecule has 2 aliphatic heterocycles. The van der Waals surface area contributed by atoms with Crippen LogP contribution in [-0.2, 0) is 4.74 Å². The van der Waals surface area contributed by atoms with Gasteiger partial charge in [-0.05, 0) is 61.7 Å². The molecule has 30 heavy (non-hydrogen) atoms. The van der Waals surface area contributed by atoms with Crippen molar-refractivity contribution < 1.29 is 4.74 Å². The average molecular weight is 427 g/mol. The molecule has 0 bridgehead atoms. The Morgan fingerprint density at radius 2 is 1.87 bits per heavy atom. The molecule has 2 aromatic carbocycles. The minimum atomic E-state index is -0.459. The van der Waals surface area contributed by atoms with Crippen LogP contribution in [0.15, 0.2) is 46.4 Å². The molecule has 7 nitrogen and oxygen atoms in total. The number of morpholine rings is 1. The van der Waals surface area contributed by atoms with Crippen LogP contribution in [0.2, 0.25) is 5.02 Å². The summed E-state index contributed by atoms with van der Waals surface area (Å²) < 4.78 is 5.54. The number of guanidine groups is 2. The van der Waals surface area contributed by atoms with E-state index in [0.29, 0.717) is 18.2 Å². The maximum absolute atomic E-state index is 6.34. The number of ether oxygens (including phenoxy) is 1. The number of halogens is 1. The quantitative estimate of drug-likeness (QED) is 0.785. The Morgan fingerprint density at radius 3 is 2.60 bits per heavy atom. The Morgan fingerprint density at radius 1 is 1.10 bits per heavy atom. The molecule has 0 spiro atoms.